The van der Waals surface area contributed by atoms with Crippen LogP contribution in [0, 0.1) is 5.41 Å². The van der Waals surface area contributed by atoms with Gasteiger partial charge in [-0.05, 0) is 19.8 Å². The Bertz CT molecular complexity index is 307. The van der Waals surface area contributed by atoms with Crippen molar-refractivity contribution in [1.82, 2.24) is 4.72 Å². The SMILES string of the molecule is CCCS(=O)(=O)NC(=O)C(C)(CC)CN. The van der Waals surface area contributed by atoms with Crippen LogP contribution in [0.5, 0.6) is 0 Å². The highest BCUT2D eigenvalue weighted by atomic mass is 32.2. The zero-order chi connectivity index (χ0) is 12.1. The Kier molecular flexibility index (Phi) is 5.23. The van der Waals surface area contributed by atoms with Crippen LogP contribution in [0.3, 0.4) is 0 Å². The van der Waals surface area contributed by atoms with Crippen LogP contribution in [0.4, 0.5) is 0 Å². The van der Waals surface area contributed by atoms with Gasteiger partial charge >= 0.3 is 0 Å². The number of carbonyl (C=O) groups is 1. The Morgan fingerprint density at radius 3 is 2.27 bits per heavy atom. The number of amides is 1. The average Bonchev–Trinajstić information content (AvgIpc) is 2.15. The molecule has 3 N–H and O–H groups in total. The van der Waals surface area contributed by atoms with Gasteiger partial charge in [-0.25, -0.2) is 8.42 Å². The number of nitrogens with two attached hydrogens (primary N) is 1. The molecule has 6 heteroatoms. The second-order valence-electron chi connectivity index (χ2n) is 3.87. The standard InChI is InChI=1S/C9H20N2O3S/c1-4-6-15(13,14)11-8(12)9(3,5-2)7-10/h4-7,10H2,1-3H3,(H,11,12). The van der Waals surface area contributed by atoms with Gasteiger partial charge < -0.3 is 5.73 Å². The third kappa shape index (κ3) is 4.17. The molecular weight excluding hydrogens is 216 g/mol. The Balaban J connectivity index is 4.62. The number of rotatable bonds is 6. The Hall–Kier alpha value is -0.620. The smallest absolute Gasteiger partial charge is 0.240 e. The van der Waals surface area contributed by atoms with Gasteiger partial charge in [-0.1, -0.05) is 13.8 Å². The van der Waals surface area contributed by atoms with Gasteiger partial charge in [0.05, 0.1) is 11.2 Å². The zero-order valence-corrected chi connectivity index (χ0v) is 10.4. The summed E-state index contributed by atoms with van der Waals surface area (Å²) in [4.78, 5) is 11.6. The van der Waals surface area contributed by atoms with Crippen molar-refractivity contribution in [2.75, 3.05) is 12.3 Å². The van der Waals surface area contributed by atoms with Crippen LogP contribution in [-0.2, 0) is 14.8 Å². The molecule has 5 nitrogen and oxygen atoms in total. The fraction of sp³-hybridized carbons (Fsp3) is 0.889. The highest BCUT2D eigenvalue weighted by Gasteiger charge is 2.32. The molecule has 0 saturated carbocycles. The normalized spacial score (nSPS) is 15.7. The third-order valence-corrected chi connectivity index (χ3v) is 3.94. The summed E-state index contributed by atoms with van der Waals surface area (Å²) in [6.45, 7) is 5.34. The lowest BCUT2D eigenvalue weighted by Crippen LogP contribution is -2.46. The number of sulfonamides is 1. The van der Waals surface area contributed by atoms with E-state index in [1.165, 1.54) is 0 Å². The lowest BCUT2D eigenvalue weighted by molar-refractivity contribution is -0.127. The first-order chi connectivity index (χ1) is 6.81. The van der Waals surface area contributed by atoms with E-state index in [2.05, 4.69) is 4.72 Å². The van der Waals surface area contributed by atoms with Crippen molar-refractivity contribution in [2.45, 2.75) is 33.6 Å². The molecule has 1 atom stereocenters. The number of carbonyl (C=O) groups excluding carboxylic acids is 1. The molecule has 0 fully saturated rings. The molecule has 0 bridgehead atoms. The minimum atomic E-state index is -3.49. The van der Waals surface area contributed by atoms with Crippen molar-refractivity contribution < 1.29 is 13.2 Å². The van der Waals surface area contributed by atoms with Crippen molar-refractivity contribution in [3.63, 3.8) is 0 Å². The molecule has 1 amide bonds. The third-order valence-electron chi connectivity index (χ3n) is 2.50. The van der Waals surface area contributed by atoms with Crippen molar-refractivity contribution in [3.8, 4) is 0 Å². The highest BCUT2D eigenvalue weighted by molar-refractivity contribution is 7.90. The van der Waals surface area contributed by atoms with Gasteiger partial charge in [0, 0.05) is 6.54 Å². The minimum Gasteiger partial charge on any atom is -0.329 e. The fourth-order valence-electron chi connectivity index (χ4n) is 0.982. The van der Waals surface area contributed by atoms with E-state index in [0.717, 1.165) is 0 Å². The van der Waals surface area contributed by atoms with E-state index in [-0.39, 0.29) is 12.3 Å². The lowest BCUT2D eigenvalue weighted by Gasteiger charge is -2.24. The second-order valence-corrected chi connectivity index (χ2v) is 5.71. The summed E-state index contributed by atoms with van der Waals surface area (Å²) >= 11 is 0. The number of hydrogen-bond acceptors (Lipinski definition) is 4. The van der Waals surface area contributed by atoms with Crippen LogP contribution in [0.25, 0.3) is 0 Å². The number of hydrogen-bond donors (Lipinski definition) is 2. The van der Waals surface area contributed by atoms with Crippen molar-refractivity contribution >= 4 is 15.9 Å². The molecule has 0 spiro atoms. The summed E-state index contributed by atoms with van der Waals surface area (Å²) in [5, 5.41) is 0. The second kappa shape index (κ2) is 5.46. The predicted molar refractivity (Wildman–Crippen MR) is 59.7 cm³/mol. The molecule has 90 valence electrons. The first-order valence-corrected chi connectivity index (χ1v) is 6.71. The van der Waals surface area contributed by atoms with Crippen LogP contribution >= 0.6 is 0 Å². The zero-order valence-electron chi connectivity index (χ0n) is 9.54. The van der Waals surface area contributed by atoms with Gasteiger partial charge in [0.1, 0.15) is 0 Å². The summed E-state index contributed by atoms with van der Waals surface area (Å²) in [5.74, 6) is -0.552. The molecule has 15 heavy (non-hydrogen) atoms. The van der Waals surface area contributed by atoms with Crippen molar-refractivity contribution in [2.24, 2.45) is 11.1 Å². The van der Waals surface area contributed by atoms with Crippen LogP contribution in [0.2, 0.25) is 0 Å². The predicted octanol–water partition coefficient (Wildman–Crippen LogP) is 0.217. The van der Waals surface area contributed by atoms with Crippen LogP contribution in [-0.4, -0.2) is 26.6 Å². The monoisotopic (exact) mass is 236 g/mol. The van der Waals surface area contributed by atoms with Crippen molar-refractivity contribution in [1.29, 1.82) is 0 Å². The van der Waals surface area contributed by atoms with E-state index in [1.807, 2.05) is 0 Å². The van der Waals surface area contributed by atoms with Gasteiger partial charge in [0.2, 0.25) is 15.9 Å². The molecule has 0 aliphatic rings. The molecule has 0 saturated heterocycles. The van der Waals surface area contributed by atoms with Gasteiger partial charge in [-0.3, -0.25) is 9.52 Å². The van der Waals surface area contributed by atoms with E-state index in [4.69, 9.17) is 5.73 Å². The van der Waals surface area contributed by atoms with E-state index >= 15 is 0 Å². The van der Waals surface area contributed by atoms with E-state index in [9.17, 15) is 13.2 Å². The topological polar surface area (TPSA) is 89.3 Å². The van der Waals surface area contributed by atoms with Crippen LogP contribution in [0.15, 0.2) is 0 Å². The molecular formula is C9H20N2O3S. The largest absolute Gasteiger partial charge is 0.329 e. The quantitative estimate of drug-likeness (QED) is 0.690. The summed E-state index contributed by atoms with van der Waals surface area (Å²) in [6, 6.07) is 0. The molecule has 0 aromatic carbocycles. The summed E-state index contributed by atoms with van der Waals surface area (Å²) < 4.78 is 24.7. The molecule has 0 heterocycles. The van der Waals surface area contributed by atoms with Crippen molar-refractivity contribution in [3.05, 3.63) is 0 Å². The Labute approximate surface area is 91.5 Å². The molecule has 0 aromatic rings. The minimum absolute atomic E-state index is 0.0386. The average molecular weight is 236 g/mol. The van der Waals surface area contributed by atoms with Gasteiger partial charge in [-0.2, -0.15) is 0 Å². The maximum Gasteiger partial charge on any atom is 0.240 e. The Morgan fingerprint density at radius 1 is 1.40 bits per heavy atom. The van der Waals surface area contributed by atoms with E-state index in [1.54, 1.807) is 20.8 Å². The summed E-state index contributed by atoms with van der Waals surface area (Å²) in [5.41, 5.74) is 4.65. The van der Waals surface area contributed by atoms with Gasteiger partial charge in [0.25, 0.3) is 0 Å². The molecule has 0 aromatic heterocycles. The highest BCUT2D eigenvalue weighted by Crippen LogP contribution is 2.19. The molecule has 1 unspecified atom stereocenters. The molecule has 0 aliphatic carbocycles. The molecule has 0 aliphatic heterocycles. The van der Waals surface area contributed by atoms with Gasteiger partial charge in [-0.15, -0.1) is 0 Å². The van der Waals surface area contributed by atoms with E-state index < -0.39 is 21.3 Å². The summed E-state index contributed by atoms with van der Waals surface area (Å²) in [7, 11) is -3.49. The first-order valence-electron chi connectivity index (χ1n) is 5.06. The maximum absolute atomic E-state index is 11.6. The number of nitrogens with one attached hydrogen (secondary N) is 1. The van der Waals surface area contributed by atoms with Gasteiger partial charge in [0.15, 0.2) is 0 Å². The maximum atomic E-state index is 11.6. The molecule has 0 rings (SSSR count). The molecule has 0 radical (unpaired) electrons. The first kappa shape index (κ1) is 14.4. The van der Waals surface area contributed by atoms with Crippen LogP contribution < -0.4 is 10.5 Å². The van der Waals surface area contributed by atoms with E-state index in [0.29, 0.717) is 12.8 Å². The van der Waals surface area contributed by atoms with Crippen LogP contribution in [0.1, 0.15) is 33.6 Å². The Morgan fingerprint density at radius 2 is 1.93 bits per heavy atom. The fourth-order valence-corrected chi connectivity index (χ4v) is 2.15. The lowest BCUT2D eigenvalue weighted by atomic mass is 9.87. The summed E-state index contributed by atoms with van der Waals surface area (Å²) in [6.07, 6.45) is 0.991.